The van der Waals surface area contributed by atoms with E-state index in [1.807, 2.05) is 6.92 Å². The molecule has 0 aliphatic carbocycles. The molecule has 0 rings (SSSR count). The molecule has 0 aromatic rings. The molecule has 0 saturated heterocycles. The van der Waals surface area contributed by atoms with E-state index in [9.17, 15) is 14.3 Å². The molecule has 1 atom stereocenters. The molecule has 0 saturated carbocycles. The van der Waals surface area contributed by atoms with E-state index < -0.39 is 13.8 Å². The molecule has 6 nitrogen and oxygen atoms in total. The molecule has 0 aliphatic rings. The van der Waals surface area contributed by atoms with Gasteiger partial charge in [0, 0.05) is 12.0 Å². The van der Waals surface area contributed by atoms with Gasteiger partial charge in [0.25, 0.3) is 0 Å². The van der Waals surface area contributed by atoms with Crippen molar-refractivity contribution in [3.63, 3.8) is 0 Å². The van der Waals surface area contributed by atoms with Crippen molar-refractivity contribution in [2.75, 3.05) is 19.8 Å². The van der Waals surface area contributed by atoms with Crippen molar-refractivity contribution < 1.29 is 28.0 Å². The number of rotatable bonds is 11. The van der Waals surface area contributed by atoms with Gasteiger partial charge in [0.15, 0.2) is 0 Å². The molecule has 0 aromatic heterocycles. The van der Waals surface area contributed by atoms with Crippen LogP contribution in [-0.2, 0) is 23.1 Å². The molecule has 0 spiro atoms. The molecule has 0 fully saturated rings. The maximum absolute atomic E-state index is 11.4. The Morgan fingerprint density at radius 3 is 2.20 bits per heavy atom. The quantitative estimate of drug-likeness (QED) is 0.207. The summed E-state index contributed by atoms with van der Waals surface area (Å²) in [7, 11) is -3.97. The summed E-state index contributed by atoms with van der Waals surface area (Å²) >= 11 is 0. The molecule has 114 valence electrons. The molecule has 0 radical (unpaired) electrons. The van der Waals surface area contributed by atoms with Crippen LogP contribution in [0.4, 0.5) is 0 Å². The molecule has 1 unspecified atom stereocenters. The molecule has 8 heteroatoms. The molecule has 0 bridgehead atoms. The Bertz CT molecular complexity index is 334. The third kappa shape index (κ3) is 13.3. The van der Waals surface area contributed by atoms with E-state index in [1.165, 1.54) is 0 Å². The molecule has 0 aliphatic heterocycles. The van der Waals surface area contributed by atoms with Gasteiger partial charge in [-0.05, 0) is 13.3 Å². The Labute approximate surface area is 142 Å². The van der Waals surface area contributed by atoms with Crippen LogP contribution in [0.25, 0.3) is 0 Å². The van der Waals surface area contributed by atoms with Crippen molar-refractivity contribution >= 4 is 43.3 Å². The number of hydrogen-bond donors (Lipinski definition) is 1. The van der Waals surface area contributed by atoms with Gasteiger partial charge >= 0.3 is 43.3 Å². The van der Waals surface area contributed by atoms with Gasteiger partial charge in [-0.25, -0.2) is 9.36 Å². The van der Waals surface area contributed by atoms with Crippen LogP contribution in [0.3, 0.4) is 0 Å². The van der Waals surface area contributed by atoms with Crippen LogP contribution >= 0.6 is 7.82 Å². The SMILES string of the molecule is C=C(C)C(=O)OCCCOP(=O)(O)OCCCCC.[NaH]. The number of carbonyl (C=O) groups is 1. The number of ether oxygens (including phenoxy) is 1. The summed E-state index contributed by atoms with van der Waals surface area (Å²) in [5.74, 6) is -0.483. The predicted molar refractivity (Wildman–Crippen MR) is 78.8 cm³/mol. The van der Waals surface area contributed by atoms with Crippen LogP contribution in [0, 0.1) is 0 Å². The van der Waals surface area contributed by atoms with Crippen molar-refractivity contribution in [3.8, 4) is 0 Å². The maximum atomic E-state index is 11.4. The standard InChI is InChI=1S/C12H23O6P.Na.H/c1-4-5-6-9-17-19(14,15)18-10-7-8-16-12(13)11(2)3;;/h2,4-10H2,1,3H3,(H,14,15);;. The summed E-state index contributed by atoms with van der Waals surface area (Å²) in [5, 5.41) is 0. The second kappa shape index (κ2) is 13.0. The number of phosphoric acid groups is 1. The fraction of sp³-hybridized carbons (Fsp3) is 0.750. The van der Waals surface area contributed by atoms with Gasteiger partial charge in [0.2, 0.25) is 0 Å². The van der Waals surface area contributed by atoms with Crippen LogP contribution < -0.4 is 0 Å². The second-order valence-electron chi connectivity index (χ2n) is 4.11. The van der Waals surface area contributed by atoms with Gasteiger partial charge in [-0.2, -0.15) is 0 Å². The average Bonchev–Trinajstić information content (AvgIpc) is 2.33. The van der Waals surface area contributed by atoms with Crippen molar-refractivity contribution in [2.24, 2.45) is 0 Å². The van der Waals surface area contributed by atoms with Crippen LogP contribution in [0.15, 0.2) is 12.2 Å². The zero-order valence-corrected chi connectivity index (χ0v) is 12.5. The molecule has 0 amide bonds. The molecular formula is C12H24NaO6P. The third-order valence-electron chi connectivity index (χ3n) is 2.13. The Hall–Kier alpha value is 0.320. The fourth-order valence-electron chi connectivity index (χ4n) is 1.10. The zero-order chi connectivity index (χ0) is 14.7. The normalized spacial score (nSPS) is 13.2. The summed E-state index contributed by atoms with van der Waals surface area (Å²) in [6.07, 6.45) is 2.99. The molecule has 1 N–H and O–H groups in total. The van der Waals surface area contributed by atoms with Gasteiger partial charge in [-0.15, -0.1) is 0 Å². The van der Waals surface area contributed by atoms with Crippen molar-refractivity contribution in [2.45, 2.75) is 39.5 Å². The number of phosphoric ester groups is 1. The van der Waals surface area contributed by atoms with Crippen molar-refractivity contribution in [1.29, 1.82) is 0 Å². The van der Waals surface area contributed by atoms with E-state index in [-0.39, 0.29) is 49.4 Å². The Morgan fingerprint density at radius 2 is 1.70 bits per heavy atom. The average molecular weight is 318 g/mol. The Balaban J connectivity index is 0. The second-order valence-corrected chi connectivity index (χ2v) is 5.57. The number of carbonyl (C=O) groups excluding carboxylic acids is 1. The van der Waals surface area contributed by atoms with Gasteiger partial charge < -0.3 is 9.63 Å². The van der Waals surface area contributed by atoms with Crippen LogP contribution in [-0.4, -0.2) is 60.2 Å². The van der Waals surface area contributed by atoms with E-state index >= 15 is 0 Å². The van der Waals surface area contributed by atoms with Gasteiger partial charge in [0.05, 0.1) is 19.8 Å². The minimum absolute atomic E-state index is 0. The topological polar surface area (TPSA) is 82.1 Å². The first-order valence-electron chi connectivity index (χ1n) is 6.33. The summed E-state index contributed by atoms with van der Waals surface area (Å²) in [5.41, 5.74) is 0.313. The van der Waals surface area contributed by atoms with Crippen LogP contribution in [0.5, 0.6) is 0 Å². The third-order valence-corrected chi connectivity index (χ3v) is 3.14. The number of unbranched alkanes of at least 4 members (excludes halogenated alkanes) is 2. The number of esters is 1. The summed E-state index contributed by atoms with van der Waals surface area (Å²) in [6, 6.07) is 0. The monoisotopic (exact) mass is 318 g/mol. The van der Waals surface area contributed by atoms with Gasteiger partial charge in [-0.1, -0.05) is 26.3 Å². The minimum atomic E-state index is -3.97. The van der Waals surface area contributed by atoms with E-state index in [0.29, 0.717) is 12.0 Å². The summed E-state index contributed by atoms with van der Waals surface area (Å²) in [6.45, 7) is 7.31. The summed E-state index contributed by atoms with van der Waals surface area (Å²) < 4.78 is 25.7. The number of hydrogen-bond acceptors (Lipinski definition) is 5. The zero-order valence-electron chi connectivity index (χ0n) is 11.6. The van der Waals surface area contributed by atoms with Crippen LogP contribution in [0.2, 0.25) is 0 Å². The van der Waals surface area contributed by atoms with Crippen molar-refractivity contribution in [3.05, 3.63) is 12.2 Å². The van der Waals surface area contributed by atoms with E-state index in [1.54, 1.807) is 6.92 Å². The Kier molecular flexibility index (Phi) is 14.7. The molecular weight excluding hydrogens is 294 g/mol. The van der Waals surface area contributed by atoms with E-state index in [0.717, 1.165) is 19.3 Å². The predicted octanol–water partition coefficient (Wildman–Crippen LogP) is 2.17. The first kappa shape index (κ1) is 22.6. The van der Waals surface area contributed by atoms with Crippen LogP contribution in [0.1, 0.15) is 39.5 Å². The van der Waals surface area contributed by atoms with Crippen molar-refractivity contribution in [1.82, 2.24) is 0 Å². The molecule has 0 heterocycles. The van der Waals surface area contributed by atoms with Gasteiger partial charge in [-0.3, -0.25) is 9.05 Å². The fourth-order valence-corrected chi connectivity index (χ4v) is 1.89. The van der Waals surface area contributed by atoms with E-state index in [2.05, 4.69) is 6.58 Å². The first-order valence-corrected chi connectivity index (χ1v) is 7.83. The van der Waals surface area contributed by atoms with Gasteiger partial charge in [0.1, 0.15) is 0 Å². The Morgan fingerprint density at radius 1 is 1.15 bits per heavy atom. The van der Waals surface area contributed by atoms with E-state index in [4.69, 9.17) is 13.8 Å². The first-order chi connectivity index (χ1) is 8.89. The molecule has 20 heavy (non-hydrogen) atoms. The summed E-state index contributed by atoms with van der Waals surface area (Å²) in [4.78, 5) is 20.3. The molecule has 0 aromatic carbocycles.